The Balaban J connectivity index is 1.93. The van der Waals surface area contributed by atoms with Gasteiger partial charge in [-0.2, -0.15) is 0 Å². The third-order valence-electron chi connectivity index (χ3n) is 3.68. The van der Waals surface area contributed by atoms with Gasteiger partial charge in [0.15, 0.2) is 0 Å². The Kier molecular flexibility index (Phi) is 5.76. The predicted octanol–water partition coefficient (Wildman–Crippen LogP) is 3.57. The Morgan fingerprint density at radius 2 is 1.95 bits per heavy atom. The molecule has 2 rings (SSSR count). The van der Waals surface area contributed by atoms with E-state index in [-0.39, 0.29) is 5.91 Å². The number of hydrogen-bond acceptors (Lipinski definition) is 2. The van der Waals surface area contributed by atoms with Crippen LogP contribution in [0.5, 0.6) is 0 Å². The molecular formula is C18H23NO2. The summed E-state index contributed by atoms with van der Waals surface area (Å²) in [5, 5.41) is 15.4. The summed E-state index contributed by atoms with van der Waals surface area (Å²) in [6.07, 6.45) is 2.49. The van der Waals surface area contributed by atoms with E-state index in [1.54, 1.807) is 0 Å². The number of aliphatic hydroxyl groups is 1. The van der Waals surface area contributed by atoms with Gasteiger partial charge in [0, 0.05) is 13.0 Å². The van der Waals surface area contributed by atoms with Crippen LogP contribution in [-0.4, -0.2) is 17.6 Å². The highest BCUT2D eigenvalue weighted by atomic mass is 16.3. The third-order valence-corrected chi connectivity index (χ3v) is 3.68. The summed E-state index contributed by atoms with van der Waals surface area (Å²) in [5.41, 5.74) is 0.927. The number of benzene rings is 2. The SMILES string of the molecule is CCCCC(=O)NCCC(O)c1cccc2ccccc12. The van der Waals surface area contributed by atoms with E-state index in [4.69, 9.17) is 0 Å². The van der Waals surface area contributed by atoms with E-state index >= 15 is 0 Å². The Morgan fingerprint density at radius 3 is 2.76 bits per heavy atom. The number of fused-ring (bicyclic) bond motifs is 1. The molecule has 1 unspecified atom stereocenters. The molecule has 112 valence electrons. The molecule has 0 aliphatic rings. The molecular weight excluding hydrogens is 262 g/mol. The normalized spacial score (nSPS) is 12.3. The van der Waals surface area contributed by atoms with Crippen molar-refractivity contribution in [2.75, 3.05) is 6.54 Å². The second-order valence-electron chi connectivity index (χ2n) is 5.33. The molecule has 3 heteroatoms. The molecule has 2 N–H and O–H groups in total. The summed E-state index contributed by atoms with van der Waals surface area (Å²) in [6.45, 7) is 2.57. The van der Waals surface area contributed by atoms with Gasteiger partial charge in [-0.05, 0) is 29.2 Å². The van der Waals surface area contributed by atoms with Gasteiger partial charge in [0.25, 0.3) is 0 Å². The number of amides is 1. The van der Waals surface area contributed by atoms with Gasteiger partial charge in [0.05, 0.1) is 6.10 Å². The first kappa shape index (κ1) is 15.5. The van der Waals surface area contributed by atoms with Crippen molar-refractivity contribution in [1.82, 2.24) is 5.32 Å². The summed E-state index contributed by atoms with van der Waals surface area (Å²) in [5.74, 6) is 0.0713. The van der Waals surface area contributed by atoms with Crippen LogP contribution in [0.3, 0.4) is 0 Å². The molecule has 2 aromatic rings. The highest BCUT2D eigenvalue weighted by Gasteiger charge is 2.11. The average molecular weight is 285 g/mol. The summed E-state index contributed by atoms with van der Waals surface area (Å²) in [7, 11) is 0. The first-order chi connectivity index (χ1) is 10.2. The van der Waals surface area contributed by atoms with Crippen molar-refractivity contribution in [3.8, 4) is 0 Å². The van der Waals surface area contributed by atoms with E-state index in [0.717, 1.165) is 29.2 Å². The van der Waals surface area contributed by atoms with Crippen LogP contribution in [0.25, 0.3) is 10.8 Å². The fourth-order valence-electron chi connectivity index (χ4n) is 2.47. The minimum Gasteiger partial charge on any atom is -0.388 e. The molecule has 0 saturated heterocycles. The average Bonchev–Trinajstić information content (AvgIpc) is 2.52. The molecule has 0 radical (unpaired) electrons. The standard InChI is InChI=1S/C18H23NO2/c1-2-3-11-18(21)19-13-12-17(20)16-10-6-8-14-7-4-5-9-15(14)16/h4-10,17,20H,2-3,11-13H2,1H3,(H,19,21). The fourth-order valence-corrected chi connectivity index (χ4v) is 2.47. The Labute approximate surface area is 126 Å². The molecule has 2 aromatic carbocycles. The lowest BCUT2D eigenvalue weighted by Gasteiger charge is -2.14. The molecule has 21 heavy (non-hydrogen) atoms. The van der Waals surface area contributed by atoms with Gasteiger partial charge in [-0.1, -0.05) is 55.8 Å². The van der Waals surface area contributed by atoms with Crippen LogP contribution in [0.4, 0.5) is 0 Å². The van der Waals surface area contributed by atoms with Crippen LogP contribution in [0.15, 0.2) is 42.5 Å². The number of aliphatic hydroxyl groups excluding tert-OH is 1. The minimum absolute atomic E-state index is 0.0713. The molecule has 3 nitrogen and oxygen atoms in total. The van der Waals surface area contributed by atoms with E-state index in [0.29, 0.717) is 19.4 Å². The molecule has 0 aliphatic carbocycles. The molecule has 0 aromatic heterocycles. The summed E-state index contributed by atoms with van der Waals surface area (Å²) < 4.78 is 0. The van der Waals surface area contributed by atoms with Gasteiger partial charge >= 0.3 is 0 Å². The lowest BCUT2D eigenvalue weighted by atomic mass is 9.99. The van der Waals surface area contributed by atoms with Crippen LogP contribution in [0.2, 0.25) is 0 Å². The van der Waals surface area contributed by atoms with E-state index in [9.17, 15) is 9.90 Å². The van der Waals surface area contributed by atoms with Crippen molar-refractivity contribution in [3.05, 3.63) is 48.0 Å². The summed E-state index contributed by atoms with van der Waals surface area (Å²) in [6, 6.07) is 14.0. The Morgan fingerprint density at radius 1 is 1.19 bits per heavy atom. The number of unbranched alkanes of at least 4 members (excludes halogenated alkanes) is 1. The number of carbonyl (C=O) groups is 1. The topological polar surface area (TPSA) is 49.3 Å². The zero-order valence-corrected chi connectivity index (χ0v) is 12.5. The highest BCUT2D eigenvalue weighted by Crippen LogP contribution is 2.25. The van der Waals surface area contributed by atoms with Crippen molar-refractivity contribution < 1.29 is 9.90 Å². The first-order valence-electron chi connectivity index (χ1n) is 7.64. The molecule has 0 spiro atoms. The second kappa shape index (κ2) is 7.79. The van der Waals surface area contributed by atoms with Crippen LogP contribution in [0, 0.1) is 0 Å². The molecule has 0 fully saturated rings. The van der Waals surface area contributed by atoms with Crippen LogP contribution in [-0.2, 0) is 4.79 Å². The van der Waals surface area contributed by atoms with E-state index in [1.165, 1.54) is 0 Å². The monoisotopic (exact) mass is 285 g/mol. The van der Waals surface area contributed by atoms with Gasteiger partial charge in [-0.15, -0.1) is 0 Å². The zero-order valence-electron chi connectivity index (χ0n) is 12.5. The largest absolute Gasteiger partial charge is 0.388 e. The summed E-state index contributed by atoms with van der Waals surface area (Å²) >= 11 is 0. The van der Waals surface area contributed by atoms with Crippen LogP contribution >= 0.6 is 0 Å². The quantitative estimate of drug-likeness (QED) is 0.817. The maximum Gasteiger partial charge on any atom is 0.219 e. The van der Waals surface area contributed by atoms with E-state index in [1.807, 2.05) is 42.5 Å². The lowest BCUT2D eigenvalue weighted by Crippen LogP contribution is -2.25. The van der Waals surface area contributed by atoms with Crippen molar-refractivity contribution in [2.45, 2.75) is 38.7 Å². The number of carbonyl (C=O) groups excluding carboxylic acids is 1. The molecule has 0 bridgehead atoms. The van der Waals surface area contributed by atoms with Gasteiger partial charge in [-0.3, -0.25) is 4.79 Å². The Bertz CT molecular complexity index is 589. The minimum atomic E-state index is -0.553. The smallest absolute Gasteiger partial charge is 0.219 e. The van der Waals surface area contributed by atoms with E-state index in [2.05, 4.69) is 12.2 Å². The maximum absolute atomic E-state index is 11.5. The maximum atomic E-state index is 11.5. The predicted molar refractivity (Wildman–Crippen MR) is 86.1 cm³/mol. The van der Waals surface area contributed by atoms with E-state index < -0.39 is 6.10 Å². The van der Waals surface area contributed by atoms with Crippen molar-refractivity contribution in [3.63, 3.8) is 0 Å². The Hall–Kier alpha value is -1.87. The molecule has 1 amide bonds. The highest BCUT2D eigenvalue weighted by molar-refractivity contribution is 5.86. The molecule has 1 atom stereocenters. The molecule has 0 saturated carbocycles. The number of rotatable bonds is 7. The van der Waals surface area contributed by atoms with Crippen molar-refractivity contribution in [1.29, 1.82) is 0 Å². The number of hydrogen-bond donors (Lipinski definition) is 2. The molecule has 0 heterocycles. The first-order valence-corrected chi connectivity index (χ1v) is 7.64. The second-order valence-corrected chi connectivity index (χ2v) is 5.33. The zero-order chi connectivity index (χ0) is 15.1. The van der Waals surface area contributed by atoms with Crippen molar-refractivity contribution >= 4 is 16.7 Å². The van der Waals surface area contributed by atoms with Crippen LogP contribution in [0.1, 0.15) is 44.3 Å². The molecule has 0 aliphatic heterocycles. The van der Waals surface area contributed by atoms with Crippen molar-refractivity contribution in [2.24, 2.45) is 0 Å². The van der Waals surface area contributed by atoms with Crippen LogP contribution < -0.4 is 5.32 Å². The van der Waals surface area contributed by atoms with Gasteiger partial charge in [0.1, 0.15) is 0 Å². The fraction of sp³-hybridized carbons (Fsp3) is 0.389. The van der Waals surface area contributed by atoms with Gasteiger partial charge in [0.2, 0.25) is 5.91 Å². The number of nitrogens with one attached hydrogen (secondary N) is 1. The third kappa shape index (κ3) is 4.30. The van der Waals surface area contributed by atoms with Gasteiger partial charge in [-0.25, -0.2) is 0 Å². The lowest BCUT2D eigenvalue weighted by molar-refractivity contribution is -0.121. The van der Waals surface area contributed by atoms with Gasteiger partial charge < -0.3 is 10.4 Å². The summed E-state index contributed by atoms with van der Waals surface area (Å²) in [4.78, 5) is 11.5.